The standard InChI is InChI=1S/C16H17N3O2.ClH/c17-9-13-8-14(21-19-13)11-20-16-6-2-1-5-15(16)12-4-3-7-18-10-12;/h1-7,10,14H,8-9,11,17H2;1H. The van der Waals surface area contributed by atoms with E-state index < -0.39 is 0 Å². The zero-order valence-electron chi connectivity index (χ0n) is 12.0. The monoisotopic (exact) mass is 319 g/mol. The smallest absolute Gasteiger partial charge is 0.166 e. The Morgan fingerprint density at radius 3 is 2.82 bits per heavy atom. The van der Waals surface area contributed by atoms with Crippen molar-refractivity contribution in [1.29, 1.82) is 0 Å². The molecule has 1 atom stereocenters. The Hall–Kier alpha value is -2.11. The third-order valence-electron chi connectivity index (χ3n) is 3.31. The fourth-order valence-corrected chi connectivity index (χ4v) is 2.23. The van der Waals surface area contributed by atoms with E-state index in [1.165, 1.54) is 0 Å². The first-order valence-corrected chi connectivity index (χ1v) is 6.90. The van der Waals surface area contributed by atoms with Crippen LogP contribution in [-0.4, -0.2) is 30.0 Å². The van der Waals surface area contributed by atoms with Crippen LogP contribution in [0.4, 0.5) is 0 Å². The van der Waals surface area contributed by atoms with Gasteiger partial charge in [0.1, 0.15) is 12.4 Å². The molecule has 2 aromatic rings. The molecule has 6 heteroatoms. The van der Waals surface area contributed by atoms with E-state index in [9.17, 15) is 0 Å². The fraction of sp³-hybridized carbons (Fsp3) is 0.250. The molecule has 116 valence electrons. The Labute approximate surface area is 135 Å². The molecule has 1 aromatic heterocycles. The molecule has 0 spiro atoms. The van der Waals surface area contributed by atoms with Crippen LogP contribution in [0.15, 0.2) is 53.9 Å². The highest BCUT2D eigenvalue weighted by Crippen LogP contribution is 2.29. The highest BCUT2D eigenvalue weighted by atomic mass is 35.5. The van der Waals surface area contributed by atoms with Crippen molar-refractivity contribution in [3.63, 3.8) is 0 Å². The number of rotatable bonds is 5. The van der Waals surface area contributed by atoms with E-state index >= 15 is 0 Å². The van der Waals surface area contributed by atoms with Gasteiger partial charge in [-0.2, -0.15) is 0 Å². The largest absolute Gasteiger partial charge is 0.489 e. The van der Waals surface area contributed by atoms with Gasteiger partial charge in [-0.25, -0.2) is 0 Å². The zero-order chi connectivity index (χ0) is 14.5. The van der Waals surface area contributed by atoms with Crippen molar-refractivity contribution >= 4 is 18.1 Å². The number of para-hydroxylation sites is 1. The van der Waals surface area contributed by atoms with Crippen molar-refractivity contribution in [3.8, 4) is 16.9 Å². The van der Waals surface area contributed by atoms with Crippen molar-refractivity contribution in [2.45, 2.75) is 12.5 Å². The summed E-state index contributed by atoms with van der Waals surface area (Å²) in [6.07, 6.45) is 4.24. The average molecular weight is 320 g/mol. The van der Waals surface area contributed by atoms with E-state index in [2.05, 4.69) is 10.1 Å². The number of halogens is 1. The Bertz CT molecular complexity index is 634. The van der Waals surface area contributed by atoms with Crippen LogP contribution in [-0.2, 0) is 4.84 Å². The molecule has 0 aliphatic carbocycles. The summed E-state index contributed by atoms with van der Waals surface area (Å²) >= 11 is 0. The molecule has 1 aromatic carbocycles. The minimum Gasteiger partial charge on any atom is -0.489 e. The van der Waals surface area contributed by atoms with Gasteiger partial charge in [0.2, 0.25) is 0 Å². The van der Waals surface area contributed by atoms with Crippen molar-refractivity contribution in [2.24, 2.45) is 10.9 Å². The maximum absolute atomic E-state index is 5.90. The Morgan fingerprint density at radius 1 is 1.23 bits per heavy atom. The number of pyridine rings is 1. The summed E-state index contributed by atoms with van der Waals surface area (Å²) in [6.45, 7) is 0.882. The second-order valence-electron chi connectivity index (χ2n) is 4.84. The van der Waals surface area contributed by atoms with Crippen molar-refractivity contribution < 1.29 is 9.57 Å². The summed E-state index contributed by atoms with van der Waals surface area (Å²) in [5.41, 5.74) is 8.47. The van der Waals surface area contributed by atoms with Gasteiger partial charge in [-0.3, -0.25) is 4.98 Å². The van der Waals surface area contributed by atoms with E-state index in [-0.39, 0.29) is 18.5 Å². The molecule has 2 N–H and O–H groups in total. The molecule has 5 nitrogen and oxygen atoms in total. The fourth-order valence-electron chi connectivity index (χ4n) is 2.23. The third kappa shape index (κ3) is 3.75. The molecule has 22 heavy (non-hydrogen) atoms. The lowest BCUT2D eigenvalue weighted by Crippen LogP contribution is -2.20. The van der Waals surface area contributed by atoms with Gasteiger partial charge in [0.25, 0.3) is 0 Å². The Balaban J connectivity index is 0.00000176. The number of hydrogen-bond acceptors (Lipinski definition) is 5. The molecule has 2 heterocycles. The second-order valence-corrected chi connectivity index (χ2v) is 4.84. The lowest BCUT2D eigenvalue weighted by molar-refractivity contribution is 0.0472. The van der Waals surface area contributed by atoms with Crippen LogP contribution >= 0.6 is 12.4 Å². The summed E-state index contributed by atoms with van der Waals surface area (Å²) < 4.78 is 5.90. The molecular formula is C16H18ClN3O2. The highest BCUT2D eigenvalue weighted by molar-refractivity contribution is 5.87. The predicted molar refractivity (Wildman–Crippen MR) is 88.4 cm³/mol. The number of aromatic nitrogens is 1. The highest BCUT2D eigenvalue weighted by Gasteiger charge is 2.21. The summed E-state index contributed by atoms with van der Waals surface area (Å²) in [5, 5.41) is 3.93. The molecule has 0 saturated carbocycles. The molecule has 0 radical (unpaired) electrons. The van der Waals surface area contributed by atoms with Crippen molar-refractivity contribution in [2.75, 3.05) is 13.2 Å². The normalized spacial score (nSPS) is 16.4. The van der Waals surface area contributed by atoms with Crippen LogP contribution in [0.2, 0.25) is 0 Å². The molecule has 1 unspecified atom stereocenters. The molecule has 0 fully saturated rings. The molecule has 0 amide bonds. The molecular weight excluding hydrogens is 302 g/mol. The number of hydrogen-bond donors (Lipinski definition) is 1. The summed E-state index contributed by atoms with van der Waals surface area (Å²) in [7, 11) is 0. The topological polar surface area (TPSA) is 69.7 Å². The summed E-state index contributed by atoms with van der Waals surface area (Å²) in [5.74, 6) is 0.815. The first kappa shape index (κ1) is 16.3. The lowest BCUT2D eigenvalue weighted by Gasteiger charge is -2.14. The van der Waals surface area contributed by atoms with Gasteiger partial charge >= 0.3 is 0 Å². The lowest BCUT2D eigenvalue weighted by atomic mass is 10.1. The van der Waals surface area contributed by atoms with E-state index in [0.717, 1.165) is 29.0 Å². The predicted octanol–water partition coefficient (Wildman–Crippen LogP) is 2.65. The maximum Gasteiger partial charge on any atom is 0.166 e. The van der Waals surface area contributed by atoms with Gasteiger partial charge in [-0.15, -0.1) is 12.4 Å². The van der Waals surface area contributed by atoms with Crippen LogP contribution in [0.3, 0.4) is 0 Å². The van der Waals surface area contributed by atoms with Crippen LogP contribution in [0.5, 0.6) is 5.75 Å². The van der Waals surface area contributed by atoms with E-state index in [0.29, 0.717) is 13.2 Å². The Kier molecular flexibility index (Phi) is 5.75. The first-order valence-electron chi connectivity index (χ1n) is 6.90. The van der Waals surface area contributed by atoms with Gasteiger partial charge in [0, 0.05) is 36.5 Å². The number of ether oxygens (including phenoxy) is 1. The number of benzene rings is 1. The average Bonchev–Trinajstić information content (AvgIpc) is 3.02. The molecule has 0 bridgehead atoms. The maximum atomic E-state index is 5.90. The molecule has 1 aliphatic rings. The SMILES string of the molecule is Cl.NCC1=NOC(COc2ccccc2-c2cccnc2)C1. The van der Waals surface area contributed by atoms with Gasteiger partial charge in [0.15, 0.2) is 6.10 Å². The number of oxime groups is 1. The van der Waals surface area contributed by atoms with Crippen molar-refractivity contribution in [3.05, 3.63) is 48.8 Å². The van der Waals surface area contributed by atoms with E-state index in [1.54, 1.807) is 6.20 Å². The van der Waals surface area contributed by atoms with Crippen LogP contribution in [0.1, 0.15) is 6.42 Å². The zero-order valence-corrected chi connectivity index (χ0v) is 12.8. The Morgan fingerprint density at radius 2 is 2.09 bits per heavy atom. The van der Waals surface area contributed by atoms with Crippen LogP contribution in [0, 0.1) is 0 Å². The van der Waals surface area contributed by atoms with Gasteiger partial charge in [-0.05, 0) is 12.1 Å². The number of nitrogens with zero attached hydrogens (tertiary/aromatic N) is 2. The quantitative estimate of drug-likeness (QED) is 0.919. The molecule has 0 saturated heterocycles. The molecule has 1 aliphatic heterocycles. The minimum absolute atomic E-state index is 0. The van der Waals surface area contributed by atoms with Gasteiger partial charge < -0.3 is 15.3 Å². The van der Waals surface area contributed by atoms with Crippen molar-refractivity contribution in [1.82, 2.24) is 4.98 Å². The van der Waals surface area contributed by atoms with Crippen LogP contribution in [0.25, 0.3) is 11.1 Å². The molecule has 3 rings (SSSR count). The van der Waals surface area contributed by atoms with Gasteiger partial charge in [0.05, 0.1) is 5.71 Å². The summed E-state index contributed by atoms with van der Waals surface area (Å²) in [6, 6.07) is 11.8. The van der Waals surface area contributed by atoms with Crippen LogP contribution < -0.4 is 10.5 Å². The minimum atomic E-state index is -0.0643. The van der Waals surface area contributed by atoms with E-state index in [1.807, 2.05) is 42.6 Å². The number of nitrogens with two attached hydrogens (primary N) is 1. The second kappa shape index (κ2) is 7.77. The first-order chi connectivity index (χ1) is 10.4. The van der Waals surface area contributed by atoms with E-state index in [4.69, 9.17) is 15.3 Å². The van der Waals surface area contributed by atoms with Gasteiger partial charge in [-0.1, -0.05) is 29.4 Å². The summed E-state index contributed by atoms with van der Waals surface area (Å²) in [4.78, 5) is 9.44. The third-order valence-corrected chi connectivity index (χ3v) is 3.31.